The van der Waals surface area contributed by atoms with Crippen molar-refractivity contribution in [2.24, 2.45) is 11.7 Å². The maximum Gasteiger partial charge on any atom is 0.316 e. The molecule has 140 valence electrons. The topological polar surface area (TPSA) is 97.4 Å². The lowest BCUT2D eigenvalue weighted by Crippen LogP contribution is -2.53. The normalized spacial score (nSPS) is 18.7. The van der Waals surface area contributed by atoms with Crippen molar-refractivity contribution in [3.63, 3.8) is 0 Å². The Morgan fingerprint density at radius 2 is 1.85 bits per heavy atom. The van der Waals surface area contributed by atoms with E-state index in [1.807, 2.05) is 30.9 Å². The summed E-state index contributed by atoms with van der Waals surface area (Å²) in [7, 11) is 0. The molecule has 7 nitrogen and oxygen atoms in total. The minimum absolute atomic E-state index is 0.0537. The van der Waals surface area contributed by atoms with Crippen LogP contribution < -0.4 is 10.5 Å². The van der Waals surface area contributed by atoms with E-state index >= 15 is 0 Å². The number of piperidine rings is 1. The summed E-state index contributed by atoms with van der Waals surface area (Å²) in [6.07, 6.45) is 8.09. The van der Waals surface area contributed by atoms with Crippen LogP contribution >= 0.6 is 0 Å². The summed E-state index contributed by atoms with van der Waals surface area (Å²) in [6.45, 7) is 5.55. The Morgan fingerprint density at radius 3 is 2.42 bits per heavy atom. The minimum Gasteiger partial charge on any atom is -0.460 e. The van der Waals surface area contributed by atoms with Gasteiger partial charge in [-0.1, -0.05) is 19.9 Å². The molecule has 2 atom stereocenters. The van der Waals surface area contributed by atoms with E-state index in [4.69, 9.17) is 10.5 Å². The first-order valence-corrected chi connectivity index (χ1v) is 9.11. The van der Waals surface area contributed by atoms with Crippen molar-refractivity contribution in [1.29, 1.82) is 0 Å². The largest absolute Gasteiger partial charge is 0.460 e. The fraction of sp³-hybridized carbons (Fsp3) is 0.526. The van der Waals surface area contributed by atoms with Gasteiger partial charge in [-0.2, -0.15) is 0 Å². The Labute approximate surface area is 154 Å². The average Bonchev–Trinajstić information content (AvgIpc) is 2.68. The van der Waals surface area contributed by atoms with Crippen LogP contribution in [0.15, 0.2) is 36.9 Å². The van der Waals surface area contributed by atoms with Crippen LogP contribution in [0.2, 0.25) is 0 Å². The van der Waals surface area contributed by atoms with Crippen LogP contribution in [0.5, 0.6) is 6.01 Å². The van der Waals surface area contributed by atoms with Crippen LogP contribution in [0.25, 0.3) is 11.1 Å². The van der Waals surface area contributed by atoms with Crippen molar-refractivity contribution in [3.8, 4) is 17.1 Å². The van der Waals surface area contributed by atoms with Gasteiger partial charge in [0.2, 0.25) is 0 Å². The number of ether oxygens (including phenoxy) is 1. The Balaban J connectivity index is 1.52. The van der Waals surface area contributed by atoms with Crippen LogP contribution in [-0.4, -0.2) is 56.4 Å². The van der Waals surface area contributed by atoms with Crippen molar-refractivity contribution in [1.82, 2.24) is 19.9 Å². The maximum atomic E-state index is 10.4. The molecule has 0 radical (unpaired) electrons. The summed E-state index contributed by atoms with van der Waals surface area (Å²) in [5.41, 5.74) is 7.95. The molecule has 26 heavy (non-hydrogen) atoms. The molecule has 0 aromatic carbocycles. The molecule has 2 aromatic rings. The van der Waals surface area contributed by atoms with Gasteiger partial charge in [-0.05, 0) is 24.8 Å². The summed E-state index contributed by atoms with van der Waals surface area (Å²) < 4.78 is 5.90. The number of pyridine rings is 1. The lowest BCUT2D eigenvalue weighted by atomic mass is 10.0. The Hall–Kier alpha value is -2.09. The van der Waals surface area contributed by atoms with E-state index in [1.165, 1.54) is 0 Å². The minimum atomic E-state index is -0.606. The number of hydrogen-bond acceptors (Lipinski definition) is 7. The van der Waals surface area contributed by atoms with Crippen LogP contribution in [0.3, 0.4) is 0 Å². The molecule has 1 aliphatic rings. The molecule has 0 aliphatic carbocycles. The number of rotatable bonds is 6. The van der Waals surface area contributed by atoms with Gasteiger partial charge in [-0.3, -0.25) is 9.88 Å². The predicted molar refractivity (Wildman–Crippen MR) is 99.3 cm³/mol. The fourth-order valence-electron chi connectivity index (χ4n) is 3.05. The van der Waals surface area contributed by atoms with E-state index in [2.05, 4.69) is 15.0 Å². The second kappa shape index (κ2) is 8.53. The third-order valence-corrected chi connectivity index (χ3v) is 4.86. The molecule has 1 unspecified atom stereocenters. The van der Waals surface area contributed by atoms with Crippen molar-refractivity contribution in [2.45, 2.75) is 45.1 Å². The van der Waals surface area contributed by atoms with Crippen LogP contribution in [0.4, 0.5) is 0 Å². The molecular weight excluding hydrogens is 330 g/mol. The van der Waals surface area contributed by atoms with E-state index in [1.54, 1.807) is 24.8 Å². The van der Waals surface area contributed by atoms with Gasteiger partial charge in [0.25, 0.3) is 0 Å². The molecule has 1 saturated heterocycles. The second-order valence-corrected chi connectivity index (χ2v) is 7.08. The van der Waals surface area contributed by atoms with E-state index in [-0.39, 0.29) is 18.1 Å². The molecule has 1 fully saturated rings. The monoisotopic (exact) mass is 357 g/mol. The number of likely N-dealkylation sites (tertiary alicyclic amines) is 1. The van der Waals surface area contributed by atoms with E-state index in [0.29, 0.717) is 6.01 Å². The smallest absolute Gasteiger partial charge is 0.316 e. The van der Waals surface area contributed by atoms with Gasteiger partial charge < -0.3 is 15.6 Å². The zero-order chi connectivity index (χ0) is 18.5. The van der Waals surface area contributed by atoms with Crippen LogP contribution in [-0.2, 0) is 0 Å². The molecule has 3 N–H and O–H groups in total. The summed E-state index contributed by atoms with van der Waals surface area (Å²) in [5.74, 6) is 0.241. The Kier molecular flexibility index (Phi) is 6.13. The van der Waals surface area contributed by atoms with Gasteiger partial charge >= 0.3 is 6.01 Å². The molecule has 7 heteroatoms. The quantitative estimate of drug-likeness (QED) is 0.812. The summed E-state index contributed by atoms with van der Waals surface area (Å²) in [6, 6.07) is 3.99. The zero-order valence-corrected chi connectivity index (χ0v) is 15.3. The van der Waals surface area contributed by atoms with Gasteiger partial charge in [-0.25, -0.2) is 9.97 Å². The van der Waals surface area contributed by atoms with Gasteiger partial charge in [0.1, 0.15) is 12.3 Å². The first-order chi connectivity index (χ1) is 12.5. The molecule has 0 bridgehead atoms. The number of nitrogens with two attached hydrogens (primary N) is 1. The number of hydrogen-bond donors (Lipinski definition) is 2. The third kappa shape index (κ3) is 4.55. The standard InChI is InChI=1S/C19H27N5O2/c1-13(2)17(20)18(25)24-8-5-16(6-9-24)26-19-22-11-15(12-23-19)14-4-3-7-21-10-14/h3-4,7,10-13,16-18,25H,5-6,8-9,20H2,1-2H3/t17-,18?/m0/s1. The molecule has 0 spiro atoms. The highest BCUT2D eigenvalue weighted by molar-refractivity contribution is 5.59. The van der Waals surface area contributed by atoms with Gasteiger partial charge in [0, 0.05) is 55.0 Å². The fourth-order valence-corrected chi connectivity index (χ4v) is 3.05. The van der Waals surface area contributed by atoms with Gasteiger partial charge in [0.15, 0.2) is 0 Å². The highest BCUT2D eigenvalue weighted by Crippen LogP contribution is 2.21. The van der Waals surface area contributed by atoms with Crippen LogP contribution in [0, 0.1) is 5.92 Å². The van der Waals surface area contributed by atoms with E-state index in [0.717, 1.165) is 37.1 Å². The SMILES string of the molecule is CC(C)[C@H](N)C(O)N1CCC(Oc2ncc(-c3cccnc3)cn2)CC1. The molecule has 1 aliphatic heterocycles. The van der Waals surface area contributed by atoms with Crippen molar-refractivity contribution >= 4 is 0 Å². The van der Waals surface area contributed by atoms with Crippen LogP contribution in [0.1, 0.15) is 26.7 Å². The van der Waals surface area contributed by atoms with E-state index in [9.17, 15) is 5.11 Å². The van der Waals surface area contributed by atoms with E-state index < -0.39 is 6.23 Å². The number of aliphatic hydroxyl groups is 1. The molecule has 0 saturated carbocycles. The molecule has 2 aromatic heterocycles. The molecule has 3 rings (SSSR count). The summed E-state index contributed by atoms with van der Waals surface area (Å²) in [5, 5.41) is 10.4. The third-order valence-electron chi connectivity index (χ3n) is 4.86. The van der Waals surface area contributed by atoms with Crippen molar-refractivity contribution in [3.05, 3.63) is 36.9 Å². The van der Waals surface area contributed by atoms with Gasteiger partial charge in [0.05, 0.1) is 0 Å². The van der Waals surface area contributed by atoms with Gasteiger partial charge in [-0.15, -0.1) is 0 Å². The highest BCUT2D eigenvalue weighted by Gasteiger charge is 2.29. The van der Waals surface area contributed by atoms with Crippen molar-refractivity contribution in [2.75, 3.05) is 13.1 Å². The Morgan fingerprint density at radius 1 is 1.15 bits per heavy atom. The lowest BCUT2D eigenvalue weighted by Gasteiger charge is -2.37. The molecular formula is C19H27N5O2. The Bertz CT molecular complexity index is 672. The number of aliphatic hydroxyl groups excluding tert-OH is 1. The average molecular weight is 357 g/mol. The molecule has 3 heterocycles. The maximum absolute atomic E-state index is 10.4. The number of nitrogens with zero attached hydrogens (tertiary/aromatic N) is 4. The number of aromatic nitrogens is 3. The summed E-state index contributed by atoms with van der Waals surface area (Å²) in [4.78, 5) is 14.7. The predicted octanol–water partition coefficient (Wildman–Crippen LogP) is 1.68. The second-order valence-electron chi connectivity index (χ2n) is 7.08. The zero-order valence-electron chi connectivity index (χ0n) is 15.3. The van der Waals surface area contributed by atoms with Crippen molar-refractivity contribution < 1.29 is 9.84 Å². The molecule has 0 amide bonds. The first-order valence-electron chi connectivity index (χ1n) is 9.11. The summed E-state index contributed by atoms with van der Waals surface area (Å²) >= 11 is 0. The lowest BCUT2D eigenvalue weighted by molar-refractivity contribution is -0.0510. The highest BCUT2D eigenvalue weighted by atomic mass is 16.5. The first kappa shape index (κ1) is 18.7.